The van der Waals surface area contributed by atoms with E-state index in [1.165, 1.54) is 19.0 Å². The highest BCUT2D eigenvalue weighted by atomic mass is 31.2. The van der Waals surface area contributed by atoms with Gasteiger partial charge in [0.1, 0.15) is 6.16 Å². The van der Waals surface area contributed by atoms with Gasteiger partial charge in [0, 0.05) is 12.8 Å². The first-order chi connectivity index (χ1) is 9.44. The Morgan fingerprint density at radius 2 is 1.60 bits per heavy atom. The summed E-state index contributed by atoms with van der Waals surface area (Å²) in [5.41, 5.74) is 2.16. The molecule has 0 aromatic heterocycles. The molecule has 0 atom stereocenters. The standard InChI is InChI=1S/C18H30OP/c1-6-7-13-20(15(2)3,16(4)5)14-18(19)17-11-9-8-10-12-17/h8-12,15-16H,6-7,13-14H2,1-5H3/q+1. The first-order valence-electron chi connectivity index (χ1n) is 7.88. The molecule has 0 aliphatic carbocycles. The summed E-state index contributed by atoms with van der Waals surface area (Å²) >= 11 is 0. The Morgan fingerprint density at radius 1 is 1.05 bits per heavy atom. The Kier molecular flexibility index (Phi) is 6.89. The van der Waals surface area contributed by atoms with E-state index in [1.54, 1.807) is 0 Å². The van der Waals surface area contributed by atoms with E-state index in [0.717, 1.165) is 11.7 Å². The topological polar surface area (TPSA) is 17.1 Å². The fraction of sp³-hybridized carbons (Fsp3) is 0.611. The Labute approximate surface area is 125 Å². The number of ketones is 1. The molecule has 1 aromatic rings. The van der Waals surface area contributed by atoms with Crippen LogP contribution in [-0.4, -0.2) is 29.4 Å². The lowest BCUT2D eigenvalue weighted by atomic mass is 10.2. The molecule has 1 aromatic carbocycles. The van der Waals surface area contributed by atoms with Crippen molar-refractivity contribution in [1.29, 1.82) is 0 Å². The van der Waals surface area contributed by atoms with Crippen LogP contribution in [0.4, 0.5) is 0 Å². The van der Waals surface area contributed by atoms with Gasteiger partial charge in [0.2, 0.25) is 0 Å². The largest absolute Gasteiger partial charge is 0.290 e. The van der Waals surface area contributed by atoms with Crippen molar-refractivity contribution in [3.8, 4) is 0 Å². The average Bonchev–Trinajstić information content (AvgIpc) is 2.43. The predicted molar refractivity (Wildman–Crippen MR) is 92.6 cm³/mol. The van der Waals surface area contributed by atoms with Crippen LogP contribution in [0.5, 0.6) is 0 Å². The highest BCUT2D eigenvalue weighted by molar-refractivity contribution is 7.77. The lowest BCUT2D eigenvalue weighted by Gasteiger charge is -2.34. The van der Waals surface area contributed by atoms with Gasteiger partial charge in [-0.2, -0.15) is 0 Å². The van der Waals surface area contributed by atoms with Gasteiger partial charge in [-0.05, 0) is 34.1 Å². The van der Waals surface area contributed by atoms with Gasteiger partial charge in [-0.3, -0.25) is 4.79 Å². The molecule has 0 aliphatic rings. The summed E-state index contributed by atoms with van der Waals surface area (Å²) in [5, 5.41) is 0. The van der Waals surface area contributed by atoms with Crippen LogP contribution < -0.4 is 0 Å². The zero-order chi connectivity index (χ0) is 15.2. The maximum atomic E-state index is 12.7. The smallest absolute Gasteiger partial charge is 0.199 e. The molecule has 0 bridgehead atoms. The van der Waals surface area contributed by atoms with Gasteiger partial charge in [0.15, 0.2) is 5.78 Å². The molecule has 0 aliphatic heterocycles. The molecule has 0 unspecified atom stereocenters. The van der Waals surface area contributed by atoms with Crippen molar-refractivity contribution in [1.82, 2.24) is 0 Å². The fourth-order valence-corrected chi connectivity index (χ4v) is 7.73. The molecule has 0 fully saturated rings. The van der Waals surface area contributed by atoms with Crippen molar-refractivity contribution in [3.63, 3.8) is 0 Å². The quantitative estimate of drug-likeness (QED) is 0.456. The van der Waals surface area contributed by atoms with Gasteiger partial charge >= 0.3 is 0 Å². The van der Waals surface area contributed by atoms with Crippen LogP contribution in [0.15, 0.2) is 30.3 Å². The van der Waals surface area contributed by atoms with E-state index in [0.29, 0.717) is 17.1 Å². The molecule has 1 nitrogen and oxygen atoms in total. The molecule has 0 heterocycles. The fourth-order valence-electron chi connectivity index (χ4n) is 2.99. The van der Waals surface area contributed by atoms with E-state index in [1.807, 2.05) is 30.3 Å². The minimum atomic E-state index is -1.23. The molecule has 0 saturated carbocycles. The van der Waals surface area contributed by atoms with E-state index < -0.39 is 7.26 Å². The number of benzene rings is 1. The summed E-state index contributed by atoms with van der Waals surface area (Å²) in [7, 11) is -1.23. The van der Waals surface area contributed by atoms with E-state index in [9.17, 15) is 4.79 Å². The molecule has 112 valence electrons. The molecule has 0 saturated heterocycles. The minimum Gasteiger partial charge on any atom is -0.290 e. The SMILES string of the molecule is CCCC[P+](CC(=O)c1ccccc1)(C(C)C)C(C)C. The summed E-state index contributed by atoms with van der Waals surface area (Å²) in [6.07, 6.45) is 4.52. The summed E-state index contributed by atoms with van der Waals surface area (Å²) in [4.78, 5) is 12.7. The molecular formula is C18H30OP+. The van der Waals surface area contributed by atoms with Crippen molar-refractivity contribution in [2.24, 2.45) is 0 Å². The Hall–Kier alpha value is -0.680. The van der Waals surface area contributed by atoms with E-state index in [4.69, 9.17) is 0 Å². The third-order valence-electron chi connectivity index (χ3n) is 4.52. The van der Waals surface area contributed by atoms with Crippen LogP contribution in [-0.2, 0) is 0 Å². The van der Waals surface area contributed by atoms with Crippen molar-refractivity contribution in [2.45, 2.75) is 58.8 Å². The van der Waals surface area contributed by atoms with Crippen LogP contribution in [0, 0.1) is 0 Å². The molecule has 0 spiro atoms. The van der Waals surface area contributed by atoms with Gasteiger partial charge in [0.25, 0.3) is 0 Å². The van der Waals surface area contributed by atoms with Crippen molar-refractivity contribution in [3.05, 3.63) is 35.9 Å². The van der Waals surface area contributed by atoms with Crippen molar-refractivity contribution in [2.75, 3.05) is 12.3 Å². The third kappa shape index (κ3) is 4.16. The second kappa shape index (κ2) is 7.93. The minimum absolute atomic E-state index is 0.345. The van der Waals surface area contributed by atoms with Crippen LogP contribution in [0.1, 0.15) is 57.8 Å². The molecule has 20 heavy (non-hydrogen) atoms. The lowest BCUT2D eigenvalue weighted by Crippen LogP contribution is -2.26. The second-order valence-electron chi connectivity index (χ2n) is 6.31. The lowest BCUT2D eigenvalue weighted by molar-refractivity contribution is 0.102. The molecule has 0 amide bonds. The van der Waals surface area contributed by atoms with E-state index >= 15 is 0 Å². The number of hydrogen-bond acceptors (Lipinski definition) is 1. The van der Waals surface area contributed by atoms with Crippen LogP contribution >= 0.6 is 7.26 Å². The average molecular weight is 293 g/mol. The highest BCUT2D eigenvalue weighted by Gasteiger charge is 2.45. The third-order valence-corrected chi connectivity index (χ3v) is 10.7. The molecule has 0 N–H and O–H groups in total. The highest BCUT2D eigenvalue weighted by Crippen LogP contribution is 2.67. The summed E-state index contributed by atoms with van der Waals surface area (Å²) in [6.45, 7) is 11.5. The molecule has 2 heteroatoms. The Morgan fingerprint density at radius 3 is 2.05 bits per heavy atom. The van der Waals surface area contributed by atoms with Gasteiger partial charge in [-0.1, -0.05) is 43.7 Å². The van der Waals surface area contributed by atoms with Gasteiger partial charge in [0.05, 0.1) is 17.5 Å². The Bertz CT molecular complexity index is 401. The maximum Gasteiger partial charge on any atom is 0.199 e. The maximum absolute atomic E-state index is 12.7. The van der Waals surface area contributed by atoms with Crippen LogP contribution in [0.3, 0.4) is 0 Å². The molecule has 1 rings (SSSR count). The summed E-state index contributed by atoms with van der Waals surface area (Å²) in [5.74, 6) is 0.345. The number of Topliss-reactive ketones (excluding diaryl/α,β-unsaturated/α-hetero) is 1. The summed E-state index contributed by atoms with van der Waals surface area (Å²) in [6, 6.07) is 9.81. The first kappa shape index (κ1) is 17.4. The predicted octanol–water partition coefficient (Wildman–Crippen LogP) is 5.50. The number of unbranched alkanes of at least 4 members (excludes halogenated alkanes) is 1. The van der Waals surface area contributed by atoms with E-state index in [-0.39, 0.29) is 0 Å². The van der Waals surface area contributed by atoms with Gasteiger partial charge < -0.3 is 0 Å². The van der Waals surface area contributed by atoms with Crippen LogP contribution in [0.2, 0.25) is 0 Å². The van der Waals surface area contributed by atoms with Crippen LogP contribution in [0.25, 0.3) is 0 Å². The van der Waals surface area contributed by atoms with Crippen molar-refractivity contribution >= 4 is 13.0 Å². The number of carbonyl (C=O) groups is 1. The van der Waals surface area contributed by atoms with Crippen molar-refractivity contribution < 1.29 is 4.79 Å². The van der Waals surface area contributed by atoms with Gasteiger partial charge in [-0.15, -0.1) is 0 Å². The monoisotopic (exact) mass is 293 g/mol. The first-order valence-corrected chi connectivity index (χ1v) is 10.2. The Balaban J connectivity index is 2.96. The van der Waals surface area contributed by atoms with E-state index in [2.05, 4.69) is 34.6 Å². The number of hydrogen-bond donors (Lipinski definition) is 0. The number of rotatable bonds is 8. The second-order valence-corrected chi connectivity index (χ2v) is 11.3. The zero-order valence-corrected chi connectivity index (χ0v) is 14.6. The molecule has 0 radical (unpaired) electrons. The normalized spacial score (nSPS) is 12.2. The van der Waals surface area contributed by atoms with Gasteiger partial charge in [-0.25, -0.2) is 0 Å². The molecular weight excluding hydrogens is 263 g/mol. The zero-order valence-electron chi connectivity index (χ0n) is 13.7. The number of carbonyl (C=O) groups excluding carboxylic acids is 1. The summed E-state index contributed by atoms with van der Waals surface area (Å²) < 4.78 is 0.